The Morgan fingerprint density at radius 3 is 2.18 bits per heavy atom. The second kappa shape index (κ2) is 3.46. The van der Waals surface area contributed by atoms with E-state index in [2.05, 4.69) is 0 Å². The van der Waals surface area contributed by atoms with Crippen LogP contribution >= 0.6 is 0 Å². The topological polar surface area (TPSA) is 90.2 Å². The van der Waals surface area contributed by atoms with Crippen LogP contribution in [0.25, 0.3) is 0 Å². The average Bonchev–Trinajstić information content (AvgIpc) is 2.30. The van der Waals surface area contributed by atoms with Crippen molar-refractivity contribution in [2.75, 3.05) is 13.2 Å². The van der Waals surface area contributed by atoms with Crippen molar-refractivity contribution >= 4 is 0 Å². The molecule has 11 heavy (non-hydrogen) atoms. The normalized spacial score (nSPS) is 39.8. The van der Waals surface area contributed by atoms with Crippen molar-refractivity contribution in [1.29, 1.82) is 0 Å². The molecule has 0 spiro atoms. The summed E-state index contributed by atoms with van der Waals surface area (Å²) in [6, 6.07) is 0. The van der Waals surface area contributed by atoms with E-state index in [9.17, 15) is 0 Å². The second-order valence-electron chi connectivity index (χ2n) is 2.40. The van der Waals surface area contributed by atoms with Gasteiger partial charge in [0.05, 0.1) is 13.2 Å². The van der Waals surface area contributed by atoms with Crippen LogP contribution in [0.1, 0.15) is 0 Å². The Labute approximate surface area is 63.8 Å². The van der Waals surface area contributed by atoms with Crippen molar-refractivity contribution in [2.24, 2.45) is 0 Å². The molecule has 1 aliphatic rings. The molecular weight excluding hydrogens is 152 g/mol. The van der Waals surface area contributed by atoms with Crippen LogP contribution in [0, 0.1) is 6.10 Å². The summed E-state index contributed by atoms with van der Waals surface area (Å²) in [7, 11) is 0. The molecule has 0 aliphatic carbocycles. The highest BCUT2D eigenvalue weighted by molar-refractivity contribution is 5.03. The zero-order valence-electron chi connectivity index (χ0n) is 5.84. The zero-order valence-corrected chi connectivity index (χ0v) is 5.84. The third kappa shape index (κ3) is 1.52. The van der Waals surface area contributed by atoms with Gasteiger partial charge in [-0.1, -0.05) is 0 Å². The number of hydrogen-bond acceptors (Lipinski definition) is 5. The lowest BCUT2D eigenvalue weighted by molar-refractivity contribution is -0.0361. The van der Waals surface area contributed by atoms with Gasteiger partial charge >= 0.3 is 0 Å². The minimum atomic E-state index is -1.18. The van der Waals surface area contributed by atoms with Crippen LogP contribution in [-0.2, 0) is 4.74 Å². The van der Waals surface area contributed by atoms with Gasteiger partial charge in [-0.3, -0.25) is 0 Å². The fraction of sp³-hybridized carbons (Fsp3) is 0.833. The molecule has 5 nitrogen and oxygen atoms in total. The summed E-state index contributed by atoms with van der Waals surface area (Å²) in [5, 5.41) is 35.3. The SMILES string of the molecule is OC[C@@H]1O[C@H](CO)[C@@H](O)[C]1O. The second-order valence-corrected chi connectivity index (χ2v) is 2.40. The van der Waals surface area contributed by atoms with Gasteiger partial charge in [-0.05, 0) is 0 Å². The fourth-order valence-corrected chi connectivity index (χ4v) is 1.02. The number of hydrogen-bond donors (Lipinski definition) is 4. The van der Waals surface area contributed by atoms with Crippen molar-refractivity contribution in [3.63, 3.8) is 0 Å². The Kier molecular flexibility index (Phi) is 2.80. The van der Waals surface area contributed by atoms with Crippen LogP contribution in [0.3, 0.4) is 0 Å². The van der Waals surface area contributed by atoms with Gasteiger partial charge in [-0.25, -0.2) is 0 Å². The lowest BCUT2D eigenvalue weighted by atomic mass is 10.1. The zero-order chi connectivity index (χ0) is 8.43. The van der Waals surface area contributed by atoms with Gasteiger partial charge in [0, 0.05) is 0 Å². The van der Waals surface area contributed by atoms with Gasteiger partial charge in [-0.15, -0.1) is 0 Å². The van der Waals surface area contributed by atoms with E-state index in [-0.39, 0.29) is 19.3 Å². The highest BCUT2D eigenvalue weighted by atomic mass is 16.6. The summed E-state index contributed by atoms with van der Waals surface area (Å²) < 4.78 is 4.85. The summed E-state index contributed by atoms with van der Waals surface area (Å²) in [4.78, 5) is 0. The molecular formula is C6H11O5. The molecule has 1 saturated heterocycles. The first-order valence-electron chi connectivity index (χ1n) is 3.31. The van der Waals surface area contributed by atoms with E-state index in [0.29, 0.717) is 0 Å². The van der Waals surface area contributed by atoms with E-state index in [1.54, 1.807) is 0 Å². The van der Waals surface area contributed by atoms with E-state index in [4.69, 9.17) is 25.2 Å². The quantitative estimate of drug-likeness (QED) is 0.378. The number of aliphatic hydroxyl groups is 4. The smallest absolute Gasteiger partial charge is 0.155 e. The molecule has 1 radical (unpaired) electrons. The minimum Gasteiger partial charge on any atom is -0.394 e. The van der Waals surface area contributed by atoms with E-state index in [1.165, 1.54) is 0 Å². The van der Waals surface area contributed by atoms with Crippen LogP contribution in [0.15, 0.2) is 0 Å². The monoisotopic (exact) mass is 163 g/mol. The molecule has 4 N–H and O–H groups in total. The molecule has 0 aromatic rings. The summed E-state index contributed by atoms with van der Waals surface area (Å²) >= 11 is 0. The molecule has 65 valence electrons. The Morgan fingerprint density at radius 1 is 1.27 bits per heavy atom. The van der Waals surface area contributed by atoms with Crippen LogP contribution < -0.4 is 0 Å². The number of rotatable bonds is 2. The predicted molar refractivity (Wildman–Crippen MR) is 34.0 cm³/mol. The highest BCUT2D eigenvalue weighted by Crippen LogP contribution is 2.25. The molecule has 0 aromatic heterocycles. The van der Waals surface area contributed by atoms with Crippen molar-refractivity contribution in [3.05, 3.63) is 6.10 Å². The standard InChI is InChI=1S/C6H11O5/c7-1-3-5(9)6(10)4(2-8)11-3/h3-5,7-10H,1-2H2/t3-,4+,5-/m1/s1. The molecule has 0 saturated carbocycles. The first kappa shape index (κ1) is 8.89. The number of ether oxygens (including phenoxy) is 1. The summed E-state index contributed by atoms with van der Waals surface area (Å²) in [5.41, 5.74) is 0. The largest absolute Gasteiger partial charge is 0.394 e. The van der Waals surface area contributed by atoms with Crippen molar-refractivity contribution in [1.82, 2.24) is 0 Å². The Bertz CT molecular complexity index is 110. The Hall–Kier alpha value is -0.200. The highest BCUT2D eigenvalue weighted by Gasteiger charge is 2.42. The average molecular weight is 163 g/mol. The van der Waals surface area contributed by atoms with Crippen LogP contribution in [0.5, 0.6) is 0 Å². The summed E-state index contributed by atoms with van der Waals surface area (Å²) in [6.45, 7) is -0.763. The first-order chi connectivity index (χ1) is 5.20. The molecule has 1 rings (SSSR count). The van der Waals surface area contributed by atoms with Crippen molar-refractivity contribution < 1.29 is 25.2 Å². The maximum absolute atomic E-state index is 9.08. The van der Waals surface area contributed by atoms with Gasteiger partial charge in [0.2, 0.25) is 0 Å². The molecule has 1 fully saturated rings. The first-order valence-corrected chi connectivity index (χ1v) is 3.31. The molecule has 5 heteroatoms. The Balaban J connectivity index is 2.53. The maximum atomic E-state index is 9.08. The molecule has 1 aliphatic heterocycles. The molecule has 1 heterocycles. The van der Waals surface area contributed by atoms with Crippen molar-refractivity contribution in [3.8, 4) is 0 Å². The predicted octanol–water partition coefficient (Wildman–Crippen LogP) is -2.00. The third-order valence-electron chi connectivity index (χ3n) is 1.67. The lowest BCUT2D eigenvalue weighted by Crippen LogP contribution is -2.28. The van der Waals surface area contributed by atoms with Crippen LogP contribution in [0.2, 0.25) is 0 Å². The Morgan fingerprint density at radius 2 is 1.91 bits per heavy atom. The van der Waals surface area contributed by atoms with Gasteiger partial charge < -0.3 is 25.2 Å². The molecule has 0 unspecified atom stereocenters. The van der Waals surface area contributed by atoms with E-state index in [0.717, 1.165) is 0 Å². The minimum absolute atomic E-state index is 0.313. The summed E-state index contributed by atoms with van der Waals surface area (Å²) in [6.07, 6.45) is -3.17. The molecule has 0 amide bonds. The van der Waals surface area contributed by atoms with Crippen LogP contribution in [0.4, 0.5) is 0 Å². The van der Waals surface area contributed by atoms with Gasteiger partial charge in [0.25, 0.3) is 0 Å². The van der Waals surface area contributed by atoms with Gasteiger partial charge in [0.15, 0.2) is 6.10 Å². The number of aliphatic hydroxyl groups excluding tert-OH is 4. The molecule has 0 bridgehead atoms. The van der Waals surface area contributed by atoms with Gasteiger partial charge in [0.1, 0.15) is 18.3 Å². The third-order valence-corrected chi connectivity index (χ3v) is 1.67. The fourth-order valence-electron chi connectivity index (χ4n) is 1.02. The van der Waals surface area contributed by atoms with E-state index < -0.39 is 18.3 Å². The van der Waals surface area contributed by atoms with E-state index in [1.807, 2.05) is 0 Å². The lowest BCUT2D eigenvalue weighted by Gasteiger charge is -2.09. The van der Waals surface area contributed by atoms with Gasteiger partial charge in [-0.2, -0.15) is 0 Å². The van der Waals surface area contributed by atoms with E-state index >= 15 is 0 Å². The summed E-state index contributed by atoms with van der Waals surface area (Å²) in [5.74, 6) is 0. The van der Waals surface area contributed by atoms with Crippen molar-refractivity contribution in [2.45, 2.75) is 18.3 Å². The molecule has 0 aromatic carbocycles. The maximum Gasteiger partial charge on any atom is 0.155 e. The molecule has 3 atom stereocenters. The van der Waals surface area contributed by atoms with Crippen LogP contribution in [-0.4, -0.2) is 52.0 Å².